The molecule has 0 aromatic heterocycles. The molecule has 47 nitrogen and oxygen atoms in total. The minimum atomic E-state index is -2.41. The molecule has 9 rings (SSSR count). The number of amides is 3. The molecular formula is C59H99N3O44. The minimum absolute atomic E-state index is 0.786. The Kier molecular flexibility index (Phi) is 30.8. The fourth-order valence-electron chi connectivity index (χ4n) is 13.7. The molecule has 0 radical (unpaired) electrons. The van der Waals surface area contributed by atoms with Crippen molar-refractivity contribution in [2.75, 3.05) is 52.9 Å². The Morgan fingerprint density at radius 3 is 1.22 bits per heavy atom. The number of aliphatic hydroxyl groups excluding tert-OH is 24. The second-order valence-corrected chi connectivity index (χ2v) is 27.0. The van der Waals surface area contributed by atoms with Crippen LogP contribution in [-0.4, -0.2) is 463 Å². The lowest BCUT2D eigenvalue weighted by Gasteiger charge is -2.52. The third-order valence-corrected chi connectivity index (χ3v) is 19.5. The molecule has 9 aliphatic heterocycles. The van der Waals surface area contributed by atoms with Gasteiger partial charge in [0.15, 0.2) is 56.6 Å². The standard InChI is InChI=1S/C59H99N3O44/c1-13-28(73)35(80)40(85)56(92-13)104-48-26(61-15(3)70)51(89)93-23(10-68)46(48)102-52-25(60-14(2)69)34(79)44(21(8-66)97-52)101-59-50(106-55-39(84)29(74)17(72)11-90-55)49(105-58-42(87)37(82)31(76)19(6-64)96-58)33(78)24(99-59)12-91-54-43(88)38(83)45(22(9-67)98-54)100-53-27(62-16(4)71)47(32(77)20(7-65)94-53)103-57-41(86)36(81)30(75)18(5-63)95-57/h13,17-59,63-68,72-89H,5-12H2,1-4H3,(H,60,69)(H,61,70)(H,62,71)/t13-,17+,18+,19+,20+,21+,22+,23+,24+,25+,26+,27-,28+,29-,30-,31+,32+,33+,34+,35+,36-,37-,38+,39+,40-,41+,42-,43-,44+,45+,46+,47+,48+,49-,50-,51?,52-,53-,54-,55-,56-,57-,58+,59-/m0/s1. The number of carbonyl (C=O) groups excluding carboxylic acids is 3. The Balaban J connectivity index is 1.03. The first-order chi connectivity index (χ1) is 50.1. The van der Waals surface area contributed by atoms with Gasteiger partial charge in [0.2, 0.25) is 17.7 Å². The quantitative estimate of drug-likeness (QED) is 0.0382. The highest BCUT2D eigenvalue weighted by molar-refractivity contribution is 5.74. The first-order valence-electron chi connectivity index (χ1n) is 33.9. The number of rotatable bonds is 26. The molecule has 27 N–H and O–H groups in total. The maximum atomic E-state index is 13.2. The molecule has 0 spiro atoms. The van der Waals surface area contributed by atoms with Crippen molar-refractivity contribution >= 4 is 17.7 Å². The topological polar surface area (TPSA) is 730 Å². The number of hydrogen-bond acceptors (Lipinski definition) is 44. The molecule has 9 saturated heterocycles. The van der Waals surface area contributed by atoms with E-state index in [2.05, 4.69) is 16.0 Å². The van der Waals surface area contributed by atoms with Gasteiger partial charge in [0.1, 0.15) is 207 Å². The molecule has 106 heavy (non-hydrogen) atoms. The highest BCUT2D eigenvalue weighted by Gasteiger charge is 2.61. The van der Waals surface area contributed by atoms with E-state index in [9.17, 15) is 137 Å². The Morgan fingerprint density at radius 2 is 0.670 bits per heavy atom. The van der Waals surface area contributed by atoms with Gasteiger partial charge in [-0.15, -0.1) is 0 Å². The largest absolute Gasteiger partial charge is 0.394 e. The van der Waals surface area contributed by atoms with Crippen molar-refractivity contribution in [3.8, 4) is 0 Å². The smallest absolute Gasteiger partial charge is 0.217 e. The van der Waals surface area contributed by atoms with Gasteiger partial charge in [-0.3, -0.25) is 14.4 Å². The van der Waals surface area contributed by atoms with Crippen molar-refractivity contribution in [2.45, 2.75) is 298 Å². The SMILES string of the molecule is CC(=O)N[C@@H]1[C@H](O[C@H]2[C@H](O)[C@H](O)[C@@H](OC[C@H]3O[C@@H](O[C@H]4[C@H](O)[C@@H](NC(C)=O)[C@H](O[C@H]5[C@H](O[C@@H]6O[C@@H](C)[C@@H](O)[C@@H](O)[C@@H]6O)[C@@H](NC(C)=O)C(O)O[C@@H]5CO)O[C@@H]4CO)[C@@H](O[C@@H]4OC[C@@H](O)[C@H](O)[C@H]4O)[C@@H](O[C@H]4O[C@H](CO)[C@@H](O)[C@H](O)[C@@H]4O)[C@@H]3O)O[C@@H]2CO)O[C@H](CO)[C@@H](O)[C@@H]1O[C@@H]1O[C@H](CO)[C@H](O)[C@H](O)[C@H]1O. The number of nitrogens with one attached hydrogen (secondary N) is 3. The fraction of sp³-hybridized carbons (Fsp3) is 0.949. The van der Waals surface area contributed by atoms with Crippen LogP contribution in [0.1, 0.15) is 27.7 Å². The second-order valence-electron chi connectivity index (χ2n) is 27.0. The lowest BCUT2D eigenvalue weighted by molar-refractivity contribution is -0.405. The van der Waals surface area contributed by atoms with Gasteiger partial charge in [-0.25, -0.2) is 0 Å². The molecule has 9 aliphatic rings. The molecule has 3 amide bonds. The van der Waals surface area contributed by atoms with E-state index < -0.39 is 341 Å². The van der Waals surface area contributed by atoms with Crippen LogP contribution in [0.15, 0.2) is 0 Å². The van der Waals surface area contributed by atoms with Crippen LogP contribution in [0.2, 0.25) is 0 Å². The third-order valence-electron chi connectivity index (χ3n) is 19.5. The molecule has 0 saturated carbocycles. The van der Waals surface area contributed by atoms with E-state index in [-0.39, 0.29) is 0 Å². The van der Waals surface area contributed by atoms with Crippen LogP contribution in [0.5, 0.6) is 0 Å². The molecule has 0 bridgehead atoms. The monoisotopic (exact) mass is 1550 g/mol. The van der Waals surface area contributed by atoms with Gasteiger partial charge in [-0.05, 0) is 6.92 Å². The first-order valence-corrected chi connectivity index (χ1v) is 33.9. The number of aliphatic hydroxyl groups is 24. The molecule has 0 aliphatic carbocycles. The molecule has 47 heteroatoms. The zero-order valence-corrected chi connectivity index (χ0v) is 57.0. The molecule has 0 aromatic rings. The van der Waals surface area contributed by atoms with Gasteiger partial charge >= 0.3 is 0 Å². The van der Waals surface area contributed by atoms with E-state index in [1.165, 1.54) is 6.92 Å². The van der Waals surface area contributed by atoms with E-state index in [0.717, 1.165) is 20.8 Å². The van der Waals surface area contributed by atoms with Gasteiger partial charge in [0, 0.05) is 20.8 Å². The van der Waals surface area contributed by atoms with Crippen LogP contribution in [-0.2, 0) is 94.9 Å². The normalized spacial score (nSPS) is 50.4. The fourth-order valence-corrected chi connectivity index (χ4v) is 13.7. The number of hydrogen-bond donors (Lipinski definition) is 27. The summed E-state index contributed by atoms with van der Waals surface area (Å²) in [6.07, 6.45) is -83.0. The Bertz CT molecular complexity index is 2760. The maximum absolute atomic E-state index is 13.2. The summed E-state index contributed by atoms with van der Waals surface area (Å²) in [4.78, 5) is 38.7. The Labute approximate surface area is 600 Å². The van der Waals surface area contributed by atoms with Crippen molar-refractivity contribution < 1.29 is 217 Å². The van der Waals surface area contributed by atoms with Crippen molar-refractivity contribution in [3.05, 3.63) is 0 Å². The van der Waals surface area contributed by atoms with Gasteiger partial charge in [-0.2, -0.15) is 0 Å². The lowest BCUT2D eigenvalue weighted by Crippen LogP contribution is -2.71. The van der Waals surface area contributed by atoms with E-state index >= 15 is 0 Å². The summed E-state index contributed by atoms with van der Waals surface area (Å²) in [6, 6.07) is -5.50. The van der Waals surface area contributed by atoms with Crippen molar-refractivity contribution in [2.24, 2.45) is 0 Å². The summed E-state index contributed by atoms with van der Waals surface area (Å²) in [6.45, 7) is -4.19. The van der Waals surface area contributed by atoms with Crippen LogP contribution >= 0.6 is 0 Å². The van der Waals surface area contributed by atoms with Gasteiger partial charge in [-0.1, -0.05) is 0 Å². The van der Waals surface area contributed by atoms with E-state index in [4.69, 9.17) is 80.5 Å². The zero-order valence-electron chi connectivity index (χ0n) is 57.0. The van der Waals surface area contributed by atoms with E-state index in [0.29, 0.717) is 0 Å². The summed E-state index contributed by atoms with van der Waals surface area (Å²) >= 11 is 0. The first kappa shape index (κ1) is 86.7. The third kappa shape index (κ3) is 18.8. The number of carbonyl (C=O) groups is 3. The summed E-state index contributed by atoms with van der Waals surface area (Å²) < 4.78 is 101. The van der Waals surface area contributed by atoms with Crippen LogP contribution < -0.4 is 16.0 Å². The van der Waals surface area contributed by atoms with Gasteiger partial charge in [0.05, 0.1) is 59.0 Å². The molecule has 1 unspecified atom stereocenters. The Hall–Kier alpha value is -3.23. The molecule has 9 heterocycles. The Morgan fingerprint density at radius 1 is 0.302 bits per heavy atom. The van der Waals surface area contributed by atoms with Crippen LogP contribution in [0.25, 0.3) is 0 Å². The van der Waals surface area contributed by atoms with E-state index in [1.54, 1.807) is 0 Å². The summed E-state index contributed by atoms with van der Waals surface area (Å²) in [5.74, 6) is -2.68. The van der Waals surface area contributed by atoms with Gasteiger partial charge in [0.25, 0.3) is 0 Å². The molecule has 614 valence electrons. The second kappa shape index (κ2) is 37.6. The van der Waals surface area contributed by atoms with Crippen molar-refractivity contribution in [3.63, 3.8) is 0 Å². The van der Waals surface area contributed by atoms with Crippen molar-refractivity contribution in [1.29, 1.82) is 0 Å². The number of ether oxygens (including phenoxy) is 17. The van der Waals surface area contributed by atoms with Gasteiger partial charge < -0.3 is 219 Å². The highest BCUT2D eigenvalue weighted by Crippen LogP contribution is 2.40. The predicted molar refractivity (Wildman–Crippen MR) is 324 cm³/mol. The van der Waals surface area contributed by atoms with Crippen molar-refractivity contribution in [1.82, 2.24) is 16.0 Å². The van der Waals surface area contributed by atoms with Crippen LogP contribution in [0.4, 0.5) is 0 Å². The summed E-state index contributed by atoms with van der Waals surface area (Å²) in [5.41, 5.74) is 0. The predicted octanol–water partition coefficient (Wildman–Crippen LogP) is -18.5. The van der Waals surface area contributed by atoms with Crippen LogP contribution in [0, 0.1) is 0 Å². The summed E-state index contributed by atoms with van der Waals surface area (Å²) in [7, 11) is 0. The molecule has 9 fully saturated rings. The summed E-state index contributed by atoms with van der Waals surface area (Å²) in [5, 5.41) is 271. The maximum Gasteiger partial charge on any atom is 0.217 e. The minimum Gasteiger partial charge on any atom is -0.394 e. The molecular weight excluding hydrogens is 1450 g/mol. The molecule has 0 aromatic carbocycles. The zero-order chi connectivity index (χ0) is 77.9. The van der Waals surface area contributed by atoms with E-state index in [1.807, 2.05) is 0 Å². The molecule has 44 atom stereocenters. The highest BCUT2D eigenvalue weighted by atomic mass is 16.8. The lowest BCUT2D eigenvalue weighted by atomic mass is 9.93. The van der Waals surface area contributed by atoms with Crippen LogP contribution in [0.3, 0.4) is 0 Å². The average Bonchev–Trinajstić information content (AvgIpc) is 0.768. The average molecular weight is 1550 g/mol.